The Balaban J connectivity index is 1.42. The predicted molar refractivity (Wildman–Crippen MR) is 124 cm³/mol. The van der Waals surface area contributed by atoms with Gasteiger partial charge in [-0.15, -0.1) is 11.3 Å². The summed E-state index contributed by atoms with van der Waals surface area (Å²) in [4.78, 5) is 21.8. The number of anilines is 2. The van der Waals surface area contributed by atoms with Gasteiger partial charge < -0.3 is 5.32 Å². The first-order valence-electron chi connectivity index (χ1n) is 10.7. The van der Waals surface area contributed by atoms with Crippen molar-refractivity contribution in [3.8, 4) is 6.07 Å². The number of fused-ring (bicyclic) bond motifs is 1. The number of nitrogens with zero attached hydrogens (tertiary/aromatic N) is 7. The molecule has 0 radical (unpaired) electrons. The Kier molecular flexibility index (Phi) is 5.55. The first-order valence-corrected chi connectivity index (χ1v) is 11.6. The van der Waals surface area contributed by atoms with E-state index in [4.69, 9.17) is 15.2 Å². The van der Waals surface area contributed by atoms with Crippen LogP contribution in [0, 0.1) is 25.2 Å². The van der Waals surface area contributed by atoms with Gasteiger partial charge in [0.2, 0.25) is 0 Å². The SMILES string of the molecule is Cc1nc(Nc2ccc(C#N)nc2)cc(C2CCCCN2Cc2c(C)nc3sccn23)n1. The molecule has 0 amide bonds. The second-order valence-corrected chi connectivity index (χ2v) is 8.95. The summed E-state index contributed by atoms with van der Waals surface area (Å²) in [5.41, 5.74) is 4.56. The van der Waals surface area contributed by atoms with Gasteiger partial charge in [-0.25, -0.2) is 19.9 Å². The highest BCUT2D eigenvalue weighted by atomic mass is 32.1. The molecule has 9 heteroatoms. The van der Waals surface area contributed by atoms with E-state index in [2.05, 4.69) is 43.1 Å². The van der Waals surface area contributed by atoms with Crippen LogP contribution in [-0.4, -0.2) is 35.8 Å². The van der Waals surface area contributed by atoms with Crippen LogP contribution in [0.3, 0.4) is 0 Å². The lowest BCUT2D eigenvalue weighted by molar-refractivity contribution is 0.135. The van der Waals surface area contributed by atoms with Crippen molar-refractivity contribution in [1.82, 2.24) is 29.2 Å². The Morgan fingerprint density at radius 2 is 2.12 bits per heavy atom. The molecule has 1 unspecified atom stereocenters. The largest absolute Gasteiger partial charge is 0.339 e. The van der Waals surface area contributed by atoms with E-state index in [-0.39, 0.29) is 6.04 Å². The summed E-state index contributed by atoms with van der Waals surface area (Å²) in [6, 6.07) is 7.84. The van der Waals surface area contributed by atoms with Crippen LogP contribution in [0.4, 0.5) is 11.5 Å². The molecule has 1 aliphatic heterocycles. The molecule has 4 aromatic heterocycles. The number of nitriles is 1. The number of rotatable bonds is 5. The van der Waals surface area contributed by atoms with Gasteiger partial charge in [0.1, 0.15) is 23.4 Å². The van der Waals surface area contributed by atoms with Crippen molar-refractivity contribution in [2.75, 3.05) is 11.9 Å². The molecular weight excluding hydrogens is 420 g/mol. The minimum Gasteiger partial charge on any atom is -0.339 e. The number of aryl methyl sites for hydroxylation is 2. The van der Waals surface area contributed by atoms with Gasteiger partial charge in [0.25, 0.3) is 0 Å². The standard InChI is InChI=1S/C23H24N8S/c1-15-21(31-9-10-32-23(31)26-15)14-30-8-4-3-5-20(30)19-11-22(28-16(2)27-19)29-18-7-6-17(12-24)25-13-18/h6-7,9-11,13,20H,3-5,8,14H2,1-2H3,(H,27,28,29). The number of hydrogen-bond acceptors (Lipinski definition) is 8. The molecule has 32 heavy (non-hydrogen) atoms. The normalized spacial score (nSPS) is 16.8. The molecule has 1 saturated heterocycles. The average molecular weight is 445 g/mol. The molecule has 0 saturated carbocycles. The Morgan fingerprint density at radius 3 is 2.94 bits per heavy atom. The molecular formula is C23H24N8S. The highest BCUT2D eigenvalue weighted by Crippen LogP contribution is 2.33. The lowest BCUT2D eigenvalue weighted by Crippen LogP contribution is -2.34. The summed E-state index contributed by atoms with van der Waals surface area (Å²) in [6.07, 6.45) is 7.20. The maximum atomic E-state index is 8.95. The molecule has 1 aliphatic rings. The van der Waals surface area contributed by atoms with Gasteiger partial charge in [0.05, 0.1) is 35.0 Å². The molecule has 5 rings (SSSR count). The van der Waals surface area contributed by atoms with Crippen LogP contribution in [0.2, 0.25) is 0 Å². The molecule has 0 aliphatic carbocycles. The molecule has 1 N–H and O–H groups in total. The number of aromatic nitrogens is 5. The van der Waals surface area contributed by atoms with Crippen molar-refractivity contribution in [3.63, 3.8) is 0 Å². The van der Waals surface area contributed by atoms with E-state index in [0.29, 0.717) is 5.69 Å². The average Bonchev–Trinajstić information content (AvgIpc) is 3.36. The summed E-state index contributed by atoms with van der Waals surface area (Å²) in [5.74, 6) is 1.48. The summed E-state index contributed by atoms with van der Waals surface area (Å²) in [7, 11) is 0. The summed E-state index contributed by atoms with van der Waals surface area (Å²) in [6.45, 7) is 5.90. The third-order valence-corrected chi connectivity index (χ3v) is 6.63. The molecule has 162 valence electrons. The molecule has 4 aromatic rings. The lowest BCUT2D eigenvalue weighted by Gasteiger charge is -2.35. The molecule has 0 bridgehead atoms. The lowest BCUT2D eigenvalue weighted by atomic mass is 9.98. The molecule has 8 nitrogen and oxygen atoms in total. The number of hydrogen-bond donors (Lipinski definition) is 1. The zero-order chi connectivity index (χ0) is 22.1. The number of piperidine rings is 1. The highest BCUT2D eigenvalue weighted by Gasteiger charge is 2.27. The van der Waals surface area contributed by atoms with Crippen molar-refractivity contribution in [3.05, 3.63) is 64.6 Å². The molecule has 5 heterocycles. The quantitative estimate of drug-likeness (QED) is 0.483. The Bertz CT molecular complexity index is 1280. The number of thiazole rings is 1. The van der Waals surface area contributed by atoms with E-state index in [0.717, 1.165) is 53.2 Å². The second-order valence-electron chi connectivity index (χ2n) is 8.08. The summed E-state index contributed by atoms with van der Waals surface area (Å²) in [5, 5.41) is 14.3. The minimum atomic E-state index is 0.230. The van der Waals surface area contributed by atoms with Gasteiger partial charge >= 0.3 is 0 Å². The highest BCUT2D eigenvalue weighted by molar-refractivity contribution is 7.15. The number of imidazole rings is 1. The van der Waals surface area contributed by atoms with E-state index in [1.807, 2.05) is 25.1 Å². The van der Waals surface area contributed by atoms with Gasteiger partial charge in [0, 0.05) is 24.2 Å². The molecule has 1 atom stereocenters. The van der Waals surface area contributed by atoms with Gasteiger partial charge in [-0.1, -0.05) is 6.42 Å². The first-order chi connectivity index (χ1) is 15.6. The third kappa shape index (κ3) is 4.07. The van der Waals surface area contributed by atoms with Gasteiger partial charge in [-0.3, -0.25) is 9.30 Å². The van der Waals surface area contributed by atoms with Crippen LogP contribution in [0.25, 0.3) is 4.96 Å². The van der Waals surface area contributed by atoms with Crippen LogP contribution in [0.5, 0.6) is 0 Å². The Labute approximate surface area is 190 Å². The van der Waals surface area contributed by atoms with Crippen molar-refractivity contribution < 1.29 is 0 Å². The van der Waals surface area contributed by atoms with E-state index in [1.165, 1.54) is 18.5 Å². The van der Waals surface area contributed by atoms with Crippen LogP contribution < -0.4 is 5.32 Å². The third-order valence-electron chi connectivity index (χ3n) is 5.88. The fourth-order valence-electron chi connectivity index (χ4n) is 4.35. The molecule has 0 spiro atoms. The summed E-state index contributed by atoms with van der Waals surface area (Å²) >= 11 is 1.67. The van der Waals surface area contributed by atoms with Gasteiger partial charge in [0.15, 0.2) is 4.96 Å². The second kappa shape index (κ2) is 8.65. The van der Waals surface area contributed by atoms with Crippen molar-refractivity contribution in [2.45, 2.75) is 45.7 Å². The van der Waals surface area contributed by atoms with Gasteiger partial charge in [-0.05, 0) is 45.4 Å². The van der Waals surface area contributed by atoms with Crippen LogP contribution >= 0.6 is 11.3 Å². The maximum absolute atomic E-state index is 8.95. The van der Waals surface area contributed by atoms with E-state index in [1.54, 1.807) is 23.6 Å². The van der Waals surface area contributed by atoms with Crippen molar-refractivity contribution in [2.24, 2.45) is 0 Å². The van der Waals surface area contributed by atoms with Crippen LogP contribution in [-0.2, 0) is 6.54 Å². The maximum Gasteiger partial charge on any atom is 0.194 e. The number of pyridine rings is 1. The van der Waals surface area contributed by atoms with E-state index in [9.17, 15) is 0 Å². The Hall–Kier alpha value is -3.35. The number of likely N-dealkylation sites (tertiary alicyclic amines) is 1. The molecule has 0 aromatic carbocycles. The van der Waals surface area contributed by atoms with E-state index < -0.39 is 0 Å². The number of nitrogens with one attached hydrogen (secondary N) is 1. The van der Waals surface area contributed by atoms with Gasteiger partial charge in [-0.2, -0.15) is 5.26 Å². The monoisotopic (exact) mass is 444 g/mol. The van der Waals surface area contributed by atoms with E-state index >= 15 is 0 Å². The van der Waals surface area contributed by atoms with Crippen molar-refractivity contribution >= 4 is 27.8 Å². The fourth-order valence-corrected chi connectivity index (χ4v) is 5.12. The summed E-state index contributed by atoms with van der Waals surface area (Å²) < 4.78 is 2.21. The Morgan fingerprint density at radius 1 is 1.22 bits per heavy atom. The van der Waals surface area contributed by atoms with Crippen LogP contribution in [0.15, 0.2) is 36.0 Å². The van der Waals surface area contributed by atoms with Crippen molar-refractivity contribution in [1.29, 1.82) is 5.26 Å². The predicted octanol–water partition coefficient (Wildman–Crippen LogP) is 4.54. The topological polar surface area (TPSA) is 95.0 Å². The fraction of sp³-hybridized carbons (Fsp3) is 0.348. The minimum absolute atomic E-state index is 0.230. The smallest absolute Gasteiger partial charge is 0.194 e. The van der Waals surface area contributed by atoms with Crippen LogP contribution in [0.1, 0.15) is 53.9 Å². The first kappa shape index (κ1) is 20.5. The zero-order valence-corrected chi connectivity index (χ0v) is 18.9. The zero-order valence-electron chi connectivity index (χ0n) is 18.1. The molecule has 1 fully saturated rings.